The third kappa shape index (κ3) is 4.98. The number of hydrogen-bond donors (Lipinski definition) is 6. The van der Waals surface area contributed by atoms with Gasteiger partial charge in [0.15, 0.2) is 12.4 Å². The van der Waals surface area contributed by atoms with Crippen molar-refractivity contribution in [1.29, 1.82) is 0 Å². The summed E-state index contributed by atoms with van der Waals surface area (Å²) in [4.78, 5) is 12.8. The molecule has 6 N–H and O–H groups in total. The van der Waals surface area contributed by atoms with Crippen LogP contribution in [0.5, 0.6) is 0 Å². The van der Waals surface area contributed by atoms with Crippen LogP contribution in [0, 0.1) is 5.92 Å². The predicted molar refractivity (Wildman–Crippen MR) is 124 cm³/mol. The van der Waals surface area contributed by atoms with Gasteiger partial charge < -0.3 is 54.3 Å². The number of rotatable bonds is 9. The Kier molecular flexibility index (Phi) is 7.63. The fourth-order valence-corrected chi connectivity index (χ4v) is 5.28. The van der Waals surface area contributed by atoms with Gasteiger partial charge in [-0.2, -0.15) is 0 Å². The highest BCUT2D eigenvalue weighted by Crippen LogP contribution is 2.62. The van der Waals surface area contributed by atoms with Crippen LogP contribution < -0.4 is 0 Å². The molecule has 0 amide bonds. The lowest BCUT2D eigenvalue weighted by Gasteiger charge is -2.45. The Balaban J connectivity index is 1.47. The molecular weight excluding hydrogens is 492 g/mol. The average Bonchev–Trinajstić information content (AvgIpc) is 3.48. The van der Waals surface area contributed by atoms with E-state index in [1.807, 2.05) is 0 Å². The molecule has 4 rings (SSSR count). The fourth-order valence-electron chi connectivity index (χ4n) is 5.28. The van der Waals surface area contributed by atoms with Gasteiger partial charge >= 0.3 is 5.97 Å². The van der Waals surface area contributed by atoms with E-state index in [1.54, 1.807) is 26.8 Å². The van der Waals surface area contributed by atoms with Crippen LogP contribution in [0.1, 0.15) is 33.6 Å². The van der Waals surface area contributed by atoms with Gasteiger partial charge in [-0.05, 0) is 39.7 Å². The van der Waals surface area contributed by atoms with Crippen LogP contribution in [-0.4, -0.2) is 109 Å². The van der Waals surface area contributed by atoms with Gasteiger partial charge in [-0.3, -0.25) is 0 Å². The van der Waals surface area contributed by atoms with Gasteiger partial charge in [-0.1, -0.05) is 12.2 Å². The third-order valence-corrected chi connectivity index (χ3v) is 7.77. The topological polar surface area (TPSA) is 188 Å². The smallest absolute Gasteiger partial charge is 0.333 e. The van der Waals surface area contributed by atoms with Crippen LogP contribution >= 0.6 is 0 Å². The summed E-state index contributed by atoms with van der Waals surface area (Å²) in [5.74, 6) is -1.59. The van der Waals surface area contributed by atoms with E-state index in [2.05, 4.69) is 6.58 Å². The van der Waals surface area contributed by atoms with Crippen molar-refractivity contribution in [3.8, 4) is 0 Å². The molecule has 0 aromatic heterocycles. The Morgan fingerprint density at radius 3 is 2.57 bits per heavy atom. The Bertz CT molecular complexity index is 946. The Morgan fingerprint density at radius 1 is 1.22 bits per heavy atom. The Labute approximate surface area is 214 Å². The first-order chi connectivity index (χ1) is 17.3. The number of fused-ring (bicyclic) bond motifs is 3. The summed E-state index contributed by atoms with van der Waals surface area (Å²) in [6.45, 7) is 7.82. The summed E-state index contributed by atoms with van der Waals surface area (Å²) >= 11 is 0. The summed E-state index contributed by atoms with van der Waals surface area (Å²) in [6.07, 6.45) is -4.27. The van der Waals surface area contributed by atoms with Gasteiger partial charge in [0, 0.05) is 5.57 Å². The summed E-state index contributed by atoms with van der Waals surface area (Å²) in [6, 6.07) is 0. The van der Waals surface area contributed by atoms with Crippen LogP contribution in [0.15, 0.2) is 36.6 Å². The molecule has 0 aromatic carbocycles. The zero-order valence-electron chi connectivity index (χ0n) is 21.0. The number of aliphatic hydroxyl groups excluding tert-OH is 4. The first-order valence-corrected chi connectivity index (χ1v) is 12.2. The molecule has 0 radical (unpaired) electrons. The lowest BCUT2D eigenvalue weighted by molar-refractivity contribution is -0.349. The number of allylic oxidation sites excluding steroid dienone is 1. The summed E-state index contributed by atoms with van der Waals surface area (Å²) in [5, 5.41) is 61.6. The minimum absolute atomic E-state index is 0.291. The van der Waals surface area contributed by atoms with E-state index in [9.17, 15) is 35.4 Å². The maximum absolute atomic E-state index is 12.8. The molecule has 3 aliphatic heterocycles. The molecule has 37 heavy (non-hydrogen) atoms. The Morgan fingerprint density at radius 2 is 1.92 bits per heavy atom. The first kappa shape index (κ1) is 28.1. The molecular formula is C25H36O12. The number of hydrogen-bond acceptors (Lipinski definition) is 12. The highest BCUT2D eigenvalue weighted by molar-refractivity contribution is 5.88. The number of carbonyl (C=O) groups excluding carboxylic acids is 1. The van der Waals surface area contributed by atoms with Crippen molar-refractivity contribution in [2.75, 3.05) is 6.61 Å². The normalized spacial score (nSPS) is 46.3. The van der Waals surface area contributed by atoms with Crippen LogP contribution in [0.25, 0.3) is 0 Å². The number of aliphatic hydroxyl groups is 6. The minimum Gasteiger partial charge on any atom is -0.472 e. The van der Waals surface area contributed by atoms with E-state index >= 15 is 0 Å². The molecule has 1 saturated carbocycles. The summed E-state index contributed by atoms with van der Waals surface area (Å²) in [7, 11) is 0. The maximum Gasteiger partial charge on any atom is 0.333 e. The van der Waals surface area contributed by atoms with Crippen molar-refractivity contribution in [1.82, 2.24) is 0 Å². The molecule has 0 spiro atoms. The first-order valence-electron chi connectivity index (χ1n) is 12.2. The molecule has 3 fully saturated rings. The molecule has 208 valence electrons. The highest BCUT2D eigenvalue weighted by Gasteiger charge is 2.80. The van der Waals surface area contributed by atoms with Crippen LogP contribution in [-0.2, 0) is 28.5 Å². The van der Waals surface area contributed by atoms with Crippen LogP contribution in [0.2, 0.25) is 0 Å². The average molecular weight is 529 g/mol. The van der Waals surface area contributed by atoms with Gasteiger partial charge in [-0.15, -0.1) is 6.58 Å². The number of carbonyl (C=O) groups is 1. The van der Waals surface area contributed by atoms with E-state index in [-0.39, 0.29) is 0 Å². The summed E-state index contributed by atoms with van der Waals surface area (Å²) in [5.41, 5.74) is -3.54. The number of ether oxygens (including phenoxy) is 5. The quantitative estimate of drug-likeness (QED) is 0.0906. The van der Waals surface area contributed by atoms with E-state index in [4.69, 9.17) is 23.7 Å². The van der Waals surface area contributed by atoms with E-state index in [0.29, 0.717) is 18.4 Å². The minimum atomic E-state index is -1.75. The predicted octanol–water partition coefficient (Wildman–Crippen LogP) is -1.23. The summed E-state index contributed by atoms with van der Waals surface area (Å²) < 4.78 is 28.3. The SMILES string of the molecule is C=C[C@@](C)(O)CC/C=C(\C)C(=O)O[C@H]1[C@@H]2O[C@]2(C)[C@H]2[C@H](O[C@H]3O[C@@H](CO)[C@@H](O)[C@H](O)[C@H]3O)OC=C[C@@]12O. The van der Waals surface area contributed by atoms with Crippen molar-refractivity contribution < 1.29 is 59.1 Å². The molecule has 4 aliphatic rings. The van der Waals surface area contributed by atoms with Crippen molar-refractivity contribution in [3.63, 3.8) is 0 Å². The molecule has 0 bridgehead atoms. The molecule has 12 atom stereocenters. The molecule has 1 aliphatic carbocycles. The van der Waals surface area contributed by atoms with Crippen LogP contribution in [0.3, 0.4) is 0 Å². The monoisotopic (exact) mass is 528 g/mol. The number of epoxide rings is 1. The zero-order valence-corrected chi connectivity index (χ0v) is 21.0. The molecule has 2 saturated heterocycles. The van der Waals surface area contributed by atoms with Gasteiger partial charge in [-0.25, -0.2) is 4.79 Å². The van der Waals surface area contributed by atoms with E-state index in [1.165, 1.54) is 18.4 Å². The van der Waals surface area contributed by atoms with Crippen molar-refractivity contribution >= 4 is 5.97 Å². The lowest BCUT2D eigenvalue weighted by atomic mass is 9.82. The van der Waals surface area contributed by atoms with Gasteiger partial charge in [0.2, 0.25) is 6.29 Å². The molecule has 0 unspecified atom stereocenters. The van der Waals surface area contributed by atoms with Crippen molar-refractivity contribution in [2.24, 2.45) is 5.92 Å². The standard InChI is InChI=1S/C25H36O12/c1-5-23(3,31)8-6-7-12(2)20(30)35-19-18-24(4,37-18)17-22(33-10-9-25(17,19)32)36-21-16(29)15(28)14(27)13(11-26)34-21/h5,7,9-10,13-19,21-22,26-29,31-32H,1,6,8,11H2,2-4H3/b12-7+/t13-,14+,15-,16+,17+,18-,19-,21+,22-,23+,24+,25-/m0/s1. The van der Waals surface area contributed by atoms with Gasteiger partial charge in [0.25, 0.3) is 0 Å². The van der Waals surface area contributed by atoms with Gasteiger partial charge in [0.05, 0.1) is 24.4 Å². The molecule has 12 nitrogen and oxygen atoms in total. The third-order valence-electron chi connectivity index (χ3n) is 7.77. The zero-order chi connectivity index (χ0) is 27.3. The lowest BCUT2D eigenvalue weighted by Crippen LogP contribution is -2.62. The Hall–Kier alpha value is -1.87. The van der Waals surface area contributed by atoms with E-state index < -0.39 is 84.5 Å². The van der Waals surface area contributed by atoms with Crippen molar-refractivity contribution in [3.05, 3.63) is 36.6 Å². The van der Waals surface area contributed by atoms with Crippen molar-refractivity contribution in [2.45, 2.75) is 99.6 Å². The number of esters is 1. The van der Waals surface area contributed by atoms with Gasteiger partial charge in [0.1, 0.15) is 41.7 Å². The molecule has 3 heterocycles. The van der Waals surface area contributed by atoms with E-state index in [0.717, 1.165) is 0 Å². The fraction of sp³-hybridized carbons (Fsp3) is 0.720. The van der Waals surface area contributed by atoms with Crippen LogP contribution in [0.4, 0.5) is 0 Å². The maximum atomic E-state index is 12.8. The highest BCUT2D eigenvalue weighted by atomic mass is 16.8. The largest absolute Gasteiger partial charge is 0.472 e. The second-order valence-electron chi connectivity index (χ2n) is 10.5. The second-order valence-corrected chi connectivity index (χ2v) is 10.5. The molecule has 12 heteroatoms. The molecule has 0 aromatic rings. The second kappa shape index (κ2) is 10.0.